The molecule has 1 amide bonds. The summed E-state index contributed by atoms with van der Waals surface area (Å²) in [5.41, 5.74) is 2.44. The van der Waals surface area contributed by atoms with Crippen molar-refractivity contribution in [1.29, 1.82) is 0 Å². The predicted molar refractivity (Wildman–Crippen MR) is 127 cm³/mol. The van der Waals surface area contributed by atoms with Crippen molar-refractivity contribution in [2.75, 3.05) is 39.1 Å². The lowest BCUT2D eigenvalue weighted by Crippen LogP contribution is -2.24. The van der Waals surface area contributed by atoms with Gasteiger partial charge >= 0.3 is 0 Å². The van der Waals surface area contributed by atoms with Crippen molar-refractivity contribution in [3.63, 3.8) is 0 Å². The van der Waals surface area contributed by atoms with E-state index in [4.69, 9.17) is 4.74 Å². The number of rotatable bonds is 10. The molecule has 1 fully saturated rings. The van der Waals surface area contributed by atoms with E-state index >= 15 is 0 Å². The second-order valence-electron chi connectivity index (χ2n) is 8.31. The molecule has 0 spiro atoms. The Balaban J connectivity index is 1.33. The molecule has 2 N–H and O–H groups in total. The van der Waals surface area contributed by atoms with Gasteiger partial charge in [-0.05, 0) is 62.0 Å². The summed E-state index contributed by atoms with van der Waals surface area (Å²) in [5, 5.41) is 10.1. The minimum atomic E-state index is -0.462. The van der Waals surface area contributed by atoms with Crippen molar-refractivity contribution < 1.29 is 13.9 Å². The number of nitrogens with one attached hydrogen (secondary N) is 2. The van der Waals surface area contributed by atoms with Crippen LogP contribution in [0.1, 0.15) is 34.3 Å². The molecule has 1 aliphatic rings. The molecule has 1 aliphatic heterocycles. The molecular formula is C24H30FN7O2. The van der Waals surface area contributed by atoms with E-state index in [-0.39, 0.29) is 11.7 Å². The van der Waals surface area contributed by atoms with Gasteiger partial charge in [0.05, 0.1) is 25.5 Å². The van der Waals surface area contributed by atoms with Gasteiger partial charge in [-0.25, -0.2) is 14.4 Å². The first-order chi connectivity index (χ1) is 16.6. The number of carbonyl (C=O) groups is 1. The highest BCUT2D eigenvalue weighted by Gasteiger charge is 2.15. The minimum Gasteiger partial charge on any atom is -0.494 e. The number of likely N-dealkylation sites (tertiary alicyclic amines) is 1. The number of benzene rings is 1. The topological polar surface area (TPSA) is 97.2 Å². The average Bonchev–Trinajstić information content (AvgIpc) is 3.54. The van der Waals surface area contributed by atoms with Gasteiger partial charge in [0.2, 0.25) is 5.95 Å². The second-order valence-corrected chi connectivity index (χ2v) is 8.31. The minimum absolute atomic E-state index is 0.0490. The maximum absolute atomic E-state index is 14.7. The molecule has 1 saturated heterocycles. The molecule has 180 valence electrons. The Morgan fingerprint density at radius 1 is 1.12 bits per heavy atom. The van der Waals surface area contributed by atoms with Gasteiger partial charge in [-0.1, -0.05) is 0 Å². The summed E-state index contributed by atoms with van der Waals surface area (Å²) < 4.78 is 21.7. The molecule has 3 aromatic rings. The largest absolute Gasteiger partial charge is 0.494 e. The third kappa shape index (κ3) is 5.88. The van der Waals surface area contributed by atoms with Crippen LogP contribution in [0.5, 0.6) is 5.75 Å². The maximum Gasteiger partial charge on any atom is 0.251 e. The van der Waals surface area contributed by atoms with E-state index in [1.165, 1.54) is 46.2 Å². The van der Waals surface area contributed by atoms with Crippen LogP contribution in [0, 0.1) is 5.82 Å². The molecule has 0 unspecified atom stereocenters. The fraction of sp³-hybridized carbons (Fsp3) is 0.417. The molecule has 2 aromatic heterocycles. The smallest absolute Gasteiger partial charge is 0.251 e. The van der Waals surface area contributed by atoms with Gasteiger partial charge in [-0.2, -0.15) is 5.10 Å². The number of hydrogen-bond donors (Lipinski definition) is 2. The zero-order chi connectivity index (χ0) is 23.9. The van der Waals surface area contributed by atoms with Crippen molar-refractivity contribution in [3.05, 3.63) is 59.4 Å². The third-order valence-electron chi connectivity index (χ3n) is 5.95. The van der Waals surface area contributed by atoms with Crippen molar-refractivity contribution in [3.8, 4) is 5.75 Å². The fourth-order valence-electron chi connectivity index (χ4n) is 4.02. The number of anilines is 2. The number of methoxy groups -OCH3 is 1. The number of aromatic nitrogens is 4. The Hall–Kier alpha value is -3.53. The lowest BCUT2D eigenvalue weighted by molar-refractivity contribution is 0.0962. The molecule has 4 rings (SSSR count). The van der Waals surface area contributed by atoms with Crippen LogP contribution in [-0.4, -0.2) is 64.3 Å². The van der Waals surface area contributed by atoms with E-state index in [2.05, 4.69) is 30.6 Å². The van der Waals surface area contributed by atoms with Gasteiger partial charge in [0.25, 0.3) is 5.91 Å². The quantitative estimate of drug-likeness (QED) is 0.473. The normalized spacial score (nSPS) is 13.7. The third-order valence-corrected chi connectivity index (χ3v) is 5.95. The predicted octanol–water partition coefficient (Wildman–Crippen LogP) is 2.81. The number of amides is 1. The summed E-state index contributed by atoms with van der Waals surface area (Å²) in [6.45, 7) is 4.20. The number of halogens is 1. The molecule has 1 aromatic carbocycles. The Labute approximate surface area is 198 Å². The highest BCUT2D eigenvalue weighted by molar-refractivity contribution is 5.94. The Kier molecular flexibility index (Phi) is 7.69. The first kappa shape index (κ1) is 23.6. The zero-order valence-corrected chi connectivity index (χ0v) is 19.6. The number of hydrogen-bond acceptors (Lipinski definition) is 7. The SMILES string of the molecule is CNC(=O)c1cc(CCc2cnc(Nc3cnn(CCN4CCCC4)c3)nc2)c(F)c(OC)c1. The van der Waals surface area contributed by atoms with E-state index in [9.17, 15) is 9.18 Å². The van der Waals surface area contributed by atoms with Gasteiger partial charge in [0.15, 0.2) is 11.6 Å². The number of carbonyl (C=O) groups excluding carboxylic acids is 1. The van der Waals surface area contributed by atoms with Gasteiger partial charge < -0.3 is 20.3 Å². The Morgan fingerprint density at radius 3 is 2.59 bits per heavy atom. The first-order valence-electron chi connectivity index (χ1n) is 11.5. The van der Waals surface area contributed by atoms with Crippen LogP contribution in [0.25, 0.3) is 0 Å². The monoisotopic (exact) mass is 467 g/mol. The van der Waals surface area contributed by atoms with Crippen molar-refractivity contribution in [2.24, 2.45) is 0 Å². The molecule has 34 heavy (non-hydrogen) atoms. The van der Waals surface area contributed by atoms with Crippen molar-refractivity contribution in [2.45, 2.75) is 32.2 Å². The highest BCUT2D eigenvalue weighted by atomic mass is 19.1. The second kappa shape index (κ2) is 11.1. The molecule has 9 nitrogen and oxygen atoms in total. The first-order valence-corrected chi connectivity index (χ1v) is 11.5. The summed E-state index contributed by atoms with van der Waals surface area (Å²) in [5.74, 6) is -0.237. The molecule has 0 bridgehead atoms. The van der Waals surface area contributed by atoms with E-state index in [0.29, 0.717) is 29.9 Å². The zero-order valence-electron chi connectivity index (χ0n) is 19.6. The van der Waals surface area contributed by atoms with E-state index < -0.39 is 5.82 Å². The van der Waals surface area contributed by atoms with Crippen LogP contribution >= 0.6 is 0 Å². The van der Waals surface area contributed by atoms with Crippen LogP contribution < -0.4 is 15.4 Å². The molecule has 0 aliphatic carbocycles. The Bertz CT molecular complexity index is 1110. The van der Waals surface area contributed by atoms with Crippen LogP contribution in [0.2, 0.25) is 0 Å². The van der Waals surface area contributed by atoms with Crippen LogP contribution in [0.15, 0.2) is 36.9 Å². The van der Waals surface area contributed by atoms with Gasteiger partial charge in [-0.3, -0.25) is 9.48 Å². The summed E-state index contributed by atoms with van der Waals surface area (Å²) >= 11 is 0. The molecular weight excluding hydrogens is 437 g/mol. The molecule has 0 saturated carbocycles. The summed E-state index contributed by atoms with van der Waals surface area (Å²) in [4.78, 5) is 23.2. The summed E-state index contributed by atoms with van der Waals surface area (Å²) in [7, 11) is 2.91. The van der Waals surface area contributed by atoms with Crippen LogP contribution in [0.3, 0.4) is 0 Å². The van der Waals surface area contributed by atoms with Gasteiger partial charge in [0.1, 0.15) is 0 Å². The number of ether oxygens (including phenoxy) is 1. The van der Waals surface area contributed by atoms with E-state index in [1.54, 1.807) is 24.7 Å². The summed E-state index contributed by atoms with van der Waals surface area (Å²) in [6, 6.07) is 2.95. The summed E-state index contributed by atoms with van der Waals surface area (Å²) in [6.07, 6.45) is 10.6. The fourth-order valence-corrected chi connectivity index (χ4v) is 4.02. The maximum atomic E-state index is 14.7. The number of nitrogens with zero attached hydrogens (tertiary/aromatic N) is 5. The van der Waals surface area contributed by atoms with Crippen LogP contribution in [-0.2, 0) is 19.4 Å². The van der Waals surface area contributed by atoms with Crippen LogP contribution in [0.4, 0.5) is 16.0 Å². The van der Waals surface area contributed by atoms with Gasteiger partial charge in [0, 0.05) is 37.7 Å². The number of aryl methyl sites for hydroxylation is 2. The Morgan fingerprint density at radius 2 is 1.88 bits per heavy atom. The molecule has 3 heterocycles. The van der Waals surface area contributed by atoms with Crippen molar-refractivity contribution in [1.82, 2.24) is 30.0 Å². The lowest BCUT2D eigenvalue weighted by atomic mass is 10.0. The molecule has 10 heteroatoms. The highest BCUT2D eigenvalue weighted by Crippen LogP contribution is 2.24. The lowest BCUT2D eigenvalue weighted by Gasteiger charge is -2.13. The standard InChI is InChI=1S/C24H30FN7O2/c1-26-23(33)19-11-18(22(25)21(12-19)34-2)6-5-17-13-27-24(28-14-17)30-20-15-29-32(16-20)10-9-31-7-3-4-8-31/h11-16H,3-10H2,1-2H3,(H,26,33)(H,27,28,30). The van der Waals surface area contributed by atoms with Gasteiger partial charge in [-0.15, -0.1) is 0 Å². The van der Waals surface area contributed by atoms with E-state index in [0.717, 1.165) is 24.3 Å². The van der Waals surface area contributed by atoms with Crippen molar-refractivity contribution >= 4 is 17.5 Å². The molecule has 0 radical (unpaired) electrons. The average molecular weight is 468 g/mol. The van der Waals surface area contributed by atoms with E-state index in [1.807, 2.05) is 10.9 Å². The molecule has 0 atom stereocenters.